The maximum Gasteiger partial charge on any atom is 0.261 e. The van der Waals surface area contributed by atoms with Crippen molar-refractivity contribution in [2.24, 2.45) is 0 Å². The number of anilines is 2. The number of aliphatic hydroxyl groups excluding tert-OH is 1. The molecule has 2 atom stereocenters. The molecular weight excluding hydrogens is 838 g/mol. The summed E-state index contributed by atoms with van der Waals surface area (Å²) in [5, 5.41) is 31.3. The molecule has 65 heavy (non-hydrogen) atoms. The number of hydrogen-bond donors (Lipinski definition) is 5. The molecule has 0 spiro atoms. The van der Waals surface area contributed by atoms with Crippen molar-refractivity contribution in [2.45, 2.75) is 70.0 Å². The van der Waals surface area contributed by atoms with Gasteiger partial charge in [-0.2, -0.15) is 0 Å². The second-order valence-electron chi connectivity index (χ2n) is 16.0. The van der Waals surface area contributed by atoms with Gasteiger partial charge in [0.15, 0.2) is 6.23 Å². The van der Waals surface area contributed by atoms with E-state index in [1.54, 1.807) is 47.4 Å². The minimum absolute atomic E-state index is 0.0317. The second-order valence-corrected chi connectivity index (χ2v) is 16.0. The number of benzene rings is 4. The SMILES string of the molecule is COc1cc2ncc(C(=O)NC3CC3)c(Nc3ccccc3)c2cc1-c1ccc(C(=O)NCCCCn2cc(COc3cccc4c3C(=O)N(C3CCC(=O)NC3=O)C4O)nn2)c(F)c1. The molecule has 6 aromatic rings. The number of methoxy groups -OCH3 is 1. The van der Waals surface area contributed by atoms with Crippen LogP contribution in [0.15, 0.2) is 91.3 Å². The Morgan fingerprint density at radius 1 is 0.938 bits per heavy atom. The van der Waals surface area contributed by atoms with Gasteiger partial charge >= 0.3 is 0 Å². The van der Waals surface area contributed by atoms with Gasteiger partial charge in [0.05, 0.1) is 41.2 Å². The predicted molar refractivity (Wildman–Crippen MR) is 234 cm³/mol. The Morgan fingerprint density at radius 2 is 1.77 bits per heavy atom. The van der Waals surface area contributed by atoms with E-state index in [2.05, 4.69) is 36.6 Å². The first kappa shape index (κ1) is 42.6. The van der Waals surface area contributed by atoms with Crippen LogP contribution in [0.5, 0.6) is 11.5 Å². The van der Waals surface area contributed by atoms with Crippen molar-refractivity contribution in [3.05, 3.63) is 125 Å². The maximum absolute atomic E-state index is 15.7. The summed E-state index contributed by atoms with van der Waals surface area (Å²) in [4.78, 5) is 69.7. The maximum atomic E-state index is 15.7. The number of amides is 5. The number of hydrogen-bond acceptors (Lipinski definition) is 12. The smallest absolute Gasteiger partial charge is 0.261 e. The summed E-state index contributed by atoms with van der Waals surface area (Å²) in [5.41, 5.74) is 4.05. The number of pyridine rings is 1. The van der Waals surface area contributed by atoms with Gasteiger partial charge in [-0.1, -0.05) is 41.6 Å². The van der Waals surface area contributed by atoms with Gasteiger partial charge in [0.25, 0.3) is 17.7 Å². The number of fused-ring (bicyclic) bond motifs is 2. The number of carbonyl (C=O) groups excluding carboxylic acids is 5. The Balaban J connectivity index is 0.803. The van der Waals surface area contributed by atoms with E-state index in [1.807, 2.05) is 36.4 Å². The summed E-state index contributed by atoms with van der Waals surface area (Å²) in [6.45, 7) is 0.714. The highest BCUT2D eigenvalue weighted by molar-refractivity contribution is 6.10. The van der Waals surface area contributed by atoms with Crippen LogP contribution in [-0.2, 0) is 22.7 Å². The van der Waals surface area contributed by atoms with Crippen molar-refractivity contribution in [1.29, 1.82) is 0 Å². The number of piperidine rings is 1. The Kier molecular flexibility index (Phi) is 11.9. The summed E-state index contributed by atoms with van der Waals surface area (Å²) in [6, 6.07) is 21.3. The van der Waals surface area contributed by atoms with Crippen LogP contribution in [-0.4, -0.2) is 85.3 Å². The Morgan fingerprint density at radius 3 is 2.54 bits per heavy atom. The first-order chi connectivity index (χ1) is 31.6. The number of nitrogens with zero attached hydrogens (tertiary/aromatic N) is 5. The van der Waals surface area contributed by atoms with Crippen LogP contribution in [0.4, 0.5) is 15.8 Å². The Bertz CT molecular complexity index is 2850. The lowest BCUT2D eigenvalue weighted by Crippen LogP contribution is -2.53. The molecule has 17 nitrogen and oxygen atoms in total. The van der Waals surface area contributed by atoms with E-state index in [1.165, 1.54) is 19.2 Å². The first-order valence-corrected chi connectivity index (χ1v) is 21.3. The lowest BCUT2D eigenvalue weighted by molar-refractivity contribution is -0.139. The van der Waals surface area contributed by atoms with Gasteiger partial charge in [-0.15, -0.1) is 5.10 Å². The third kappa shape index (κ3) is 8.92. The van der Waals surface area contributed by atoms with Crippen molar-refractivity contribution in [3.8, 4) is 22.6 Å². The third-order valence-electron chi connectivity index (χ3n) is 11.6. The molecular formula is C47H44FN9O8. The summed E-state index contributed by atoms with van der Waals surface area (Å²) in [7, 11) is 1.51. The molecule has 3 aliphatic rings. The minimum Gasteiger partial charge on any atom is -0.496 e. The molecule has 0 bridgehead atoms. The monoisotopic (exact) mass is 881 g/mol. The summed E-state index contributed by atoms with van der Waals surface area (Å²) in [5.74, 6) is -2.53. The van der Waals surface area contributed by atoms with E-state index in [0.717, 1.165) is 23.4 Å². The number of aliphatic hydroxyl groups is 1. The third-order valence-corrected chi connectivity index (χ3v) is 11.6. The highest BCUT2D eigenvalue weighted by atomic mass is 19.1. The molecule has 1 aliphatic carbocycles. The zero-order valence-electron chi connectivity index (χ0n) is 35.2. The van der Waals surface area contributed by atoms with Crippen molar-refractivity contribution in [1.82, 2.24) is 40.8 Å². The van der Waals surface area contributed by atoms with Gasteiger partial charge in [-0.3, -0.25) is 43.9 Å². The van der Waals surface area contributed by atoms with E-state index in [9.17, 15) is 29.1 Å². The molecule has 9 rings (SSSR count). The highest BCUT2D eigenvalue weighted by Gasteiger charge is 2.45. The quantitative estimate of drug-likeness (QED) is 0.0617. The molecule has 1 saturated carbocycles. The van der Waals surface area contributed by atoms with E-state index in [0.29, 0.717) is 69.7 Å². The van der Waals surface area contributed by atoms with Crippen LogP contribution >= 0.6 is 0 Å². The molecule has 4 aromatic carbocycles. The first-order valence-electron chi connectivity index (χ1n) is 21.3. The molecule has 5 amide bonds. The summed E-state index contributed by atoms with van der Waals surface area (Å²) < 4.78 is 29.0. The molecule has 2 fully saturated rings. The van der Waals surface area contributed by atoms with Crippen molar-refractivity contribution in [2.75, 3.05) is 19.0 Å². The van der Waals surface area contributed by atoms with E-state index < -0.39 is 41.7 Å². The van der Waals surface area contributed by atoms with Gasteiger partial charge in [0, 0.05) is 60.0 Å². The predicted octanol–water partition coefficient (Wildman–Crippen LogP) is 5.32. The Hall–Kier alpha value is -7.73. The average molecular weight is 882 g/mol. The number of aromatic nitrogens is 4. The number of halogens is 1. The number of rotatable bonds is 16. The van der Waals surface area contributed by atoms with Gasteiger partial charge in [0.2, 0.25) is 11.8 Å². The van der Waals surface area contributed by atoms with Crippen LogP contribution in [0.3, 0.4) is 0 Å². The largest absolute Gasteiger partial charge is 0.496 e. The molecule has 0 radical (unpaired) electrons. The average Bonchev–Trinajstić information content (AvgIpc) is 3.94. The van der Waals surface area contributed by atoms with E-state index in [4.69, 9.17) is 9.47 Å². The van der Waals surface area contributed by atoms with Gasteiger partial charge in [0.1, 0.15) is 35.7 Å². The zero-order valence-corrected chi connectivity index (χ0v) is 35.2. The fourth-order valence-electron chi connectivity index (χ4n) is 8.07. The van der Waals surface area contributed by atoms with Crippen LogP contribution in [0.1, 0.15) is 87.1 Å². The van der Waals surface area contributed by atoms with Crippen LogP contribution in [0, 0.1) is 5.82 Å². The molecule has 2 aromatic heterocycles. The minimum atomic E-state index is -1.37. The number of aryl methyl sites for hydroxylation is 1. The lowest BCUT2D eigenvalue weighted by Gasteiger charge is -2.31. The van der Waals surface area contributed by atoms with Crippen molar-refractivity contribution >= 4 is 51.8 Å². The standard InChI is InChI=1S/C47H44FN9O8/c1-64-39-22-36-33(42(51-27-8-3-2-4-9-27)34(23-50-36)44(60)52-28-13-14-28)21-32(39)26-12-15-30(35(48)20-26)43(59)49-18-5-6-19-56-24-29(54-55-56)25-65-38-11-7-10-31-41(38)47(63)57(46(31)62)37-16-17-40(58)53-45(37)61/h2-4,7-12,15,20-24,28,37,46,62H,5-6,13-14,16-19,25H2,1H3,(H,49,59)(H,50,51)(H,52,60)(H,53,58,61). The molecule has 5 N–H and O–H groups in total. The van der Waals surface area contributed by atoms with E-state index >= 15 is 4.39 Å². The number of unbranched alkanes of at least 4 members (excludes halogenated alkanes) is 1. The van der Waals surface area contributed by atoms with Gasteiger partial charge in [-0.25, -0.2) is 4.39 Å². The molecule has 332 valence electrons. The molecule has 4 heterocycles. The van der Waals surface area contributed by atoms with Crippen LogP contribution in [0.25, 0.3) is 22.0 Å². The second kappa shape index (κ2) is 18.2. The highest BCUT2D eigenvalue weighted by Crippen LogP contribution is 2.41. The van der Waals surface area contributed by atoms with Crippen molar-refractivity contribution in [3.63, 3.8) is 0 Å². The number of carbonyl (C=O) groups is 5. The number of para-hydroxylation sites is 1. The molecule has 1 saturated heterocycles. The normalized spacial score (nSPS) is 16.8. The number of nitrogens with one attached hydrogen (secondary N) is 4. The lowest BCUT2D eigenvalue weighted by atomic mass is 9.98. The molecule has 18 heteroatoms. The summed E-state index contributed by atoms with van der Waals surface area (Å²) >= 11 is 0. The Labute approximate surface area is 371 Å². The summed E-state index contributed by atoms with van der Waals surface area (Å²) in [6.07, 6.45) is 5.04. The fraction of sp³-hybridized carbons (Fsp3) is 0.277. The zero-order chi connectivity index (χ0) is 45.2. The van der Waals surface area contributed by atoms with Crippen LogP contribution < -0.4 is 30.7 Å². The van der Waals surface area contributed by atoms with E-state index in [-0.39, 0.29) is 54.8 Å². The van der Waals surface area contributed by atoms with Gasteiger partial charge in [-0.05, 0) is 74.1 Å². The number of imide groups is 1. The topological polar surface area (TPSA) is 219 Å². The molecule has 2 aliphatic heterocycles. The van der Waals surface area contributed by atoms with Gasteiger partial charge < -0.3 is 30.5 Å². The van der Waals surface area contributed by atoms with Crippen LogP contribution in [0.2, 0.25) is 0 Å². The number of ether oxygens (including phenoxy) is 2. The molecule has 2 unspecified atom stereocenters. The fourth-order valence-corrected chi connectivity index (χ4v) is 8.07. The van der Waals surface area contributed by atoms with Crippen molar-refractivity contribution < 1.29 is 42.9 Å².